The number of amides is 2. The topological polar surface area (TPSA) is 58.6 Å². The van der Waals surface area contributed by atoms with Crippen molar-refractivity contribution in [3.63, 3.8) is 0 Å². The molecule has 3 rings (SSSR count). The van der Waals surface area contributed by atoms with E-state index in [4.69, 9.17) is 11.6 Å². The summed E-state index contributed by atoms with van der Waals surface area (Å²) < 4.78 is 28.9. The molecule has 0 bridgehead atoms. The first-order valence-corrected chi connectivity index (χ1v) is 9.25. The van der Waals surface area contributed by atoms with Crippen LogP contribution in [0.2, 0.25) is 5.02 Å². The van der Waals surface area contributed by atoms with Gasteiger partial charge >= 0.3 is 6.61 Å². The Morgan fingerprint density at radius 2 is 1.89 bits per heavy atom. The summed E-state index contributed by atoms with van der Waals surface area (Å²) in [4.78, 5) is 27.2. The van der Waals surface area contributed by atoms with Crippen molar-refractivity contribution in [3.05, 3.63) is 59.1 Å². The van der Waals surface area contributed by atoms with Gasteiger partial charge in [0.25, 0.3) is 5.91 Å². The number of carbonyl (C=O) groups is 2. The van der Waals surface area contributed by atoms with Crippen LogP contribution in [-0.2, 0) is 4.79 Å². The molecule has 148 valence electrons. The Morgan fingerprint density at radius 3 is 2.57 bits per heavy atom. The number of likely N-dealkylation sites (tertiary alicyclic amines) is 1. The lowest BCUT2D eigenvalue weighted by molar-refractivity contribution is -0.121. The van der Waals surface area contributed by atoms with E-state index in [0.717, 1.165) is 12.8 Å². The van der Waals surface area contributed by atoms with Crippen molar-refractivity contribution in [1.82, 2.24) is 4.90 Å². The lowest BCUT2D eigenvalue weighted by Crippen LogP contribution is -2.50. The molecule has 5 nitrogen and oxygen atoms in total. The van der Waals surface area contributed by atoms with Crippen LogP contribution in [0.5, 0.6) is 5.75 Å². The number of halogens is 3. The average molecular weight is 409 g/mol. The molecule has 1 saturated heterocycles. The Kier molecular flexibility index (Phi) is 6.46. The monoisotopic (exact) mass is 408 g/mol. The molecule has 1 atom stereocenters. The van der Waals surface area contributed by atoms with E-state index in [1.165, 1.54) is 18.2 Å². The lowest BCUT2D eigenvalue weighted by Gasteiger charge is -2.34. The molecule has 8 heteroatoms. The molecule has 2 amide bonds. The van der Waals surface area contributed by atoms with Gasteiger partial charge < -0.3 is 15.0 Å². The molecule has 1 N–H and O–H groups in total. The van der Waals surface area contributed by atoms with Gasteiger partial charge in [0.05, 0.1) is 5.02 Å². The number of ether oxygens (including phenoxy) is 1. The molecule has 0 unspecified atom stereocenters. The standard InChI is InChI=1S/C20H19ClF2N2O3/c21-15-12-14(9-10-17(15)28-20(22)23)24-18(26)16-8-4-5-11-25(16)19(27)13-6-2-1-3-7-13/h1-3,6-7,9-10,12,16,20H,4-5,8,11H2,(H,24,26)/t16-/m1/s1. The van der Waals surface area contributed by atoms with Gasteiger partial charge in [-0.25, -0.2) is 0 Å². The molecule has 2 aromatic carbocycles. The van der Waals surface area contributed by atoms with Crippen molar-refractivity contribution < 1.29 is 23.1 Å². The van der Waals surface area contributed by atoms with Crippen LogP contribution in [0.4, 0.5) is 14.5 Å². The van der Waals surface area contributed by atoms with E-state index in [9.17, 15) is 18.4 Å². The Morgan fingerprint density at radius 1 is 1.14 bits per heavy atom. The number of piperidine rings is 1. The van der Waals surface area contributed by atoms with E-state index >= 15 is 0 Å². The second-order valence-electron chi connectivity index (χ2n) is 6.39. The van der Waals surface area contributed by atoms with Gasteiger partial charge in [0.2, 0.25) is 5.91 Å². The van der Waals surface area contributed by atoms with Crippen LogP contribution < -0.4 is 10.1 Å². The highest BCUT2D eigenvalue weighted by molar-refractivity contribution is 6.32. The van der Waals surface area contributed by atoms with Crippen LogP contribution in [0.15, 0.2) is 48.5 Å². The van der Waals surface area contributed by atoms with Crippen LogP contribution in [0.3, 0.4) is 0 Å². The van der Waals surface area contributed by atoms with E-state index in [1.54, 1.807) is 29.2 Å². The summed E-state index contributed by atoms with van der Waals surface area (Å²) in [6.45, 7) is -2.49. The zero-order chi connectivity index (χ0) is 20.1. The van der Waals surface area contributed by atoms with Crippen molar-refractivity contribution in [2.75, 3.05) is 11.9 Å². The second kappa shape index (κ2) is 9.01. The van der Waals surface area contributed by atoms with E-state index in [-0.39, 0.29) is 22.6 Å². The van der Waals surface area contributed by atoms with Gasteiger partial charge in [-0.15, -0.1) is 0 Å². The highest BCUT2D eigenvalue weighted by Gasteiger charge is 2.32. The molecule has 1 fully saturated rings. The van der Waals surface area contributed by atoms with Gasteiger partial charge in [0, 0.05) is 17.8 Å². The lowest BCUT2D eigenvalue weighted by atomic mass is 10.00. The predicted octanol–water partition coefficient (Wildman–Crippen LogP) is 4.57. The minimum Gasteiger partial charge on any atom is -0.433 e. The molecule has 2 aromatic rings. The fraction of sp³-hybridized carbons (Fsp3) is 0.300. The van der Waals surface area contributed by atoms with E-state index in [0.29, 0.717) is 24.2 Å². The normalized spacial score (nSPS) is 16.7. The summed E-state index contributed by atoms with van der Waals surface area (Å²) in [5.41, 5.74) is 0.869. The third-order valence-corrected chi connectivity index (χ3v) is 4.80. The SMILES string of the molecule is O=C(Nc1ccc(OC(F)F)c(Cl)c1)[C@H]1CCCCN1C(=O)c1ccccc1. The maximum Gasteiger partial charge on any atom is 0.387 e. The van der Waals surface area contributed by atoms with Crippen LogP contribution in [0.25, 0.3) is 0 Å². The number of anilines is 1. The fourth-order valence-electron chi connectivity index (χ4n) is 3.19. The van der Waals surface area contributed by atoms with Crippen molar-refractivity contribution >= 4 is 29.1 Å². The molecule has 28 heavy (non-hydrogen) atoms. The Bertz CT molecular complexity index is 849. The number of carbonyl (C=O) groups excluding carboxylic acids is 2. The maximum atomic E-state index is 12.8. The highest BCUT2D eigenvalue weighted by atomic mass is 35.5. The fourth-order valence-corrected chi connectivity index (χ4v) is 3.41. The minimum absolute atomic E-state index is 0.0426. The Hall–Kier alpha value is -2.67. The molecule has 1 aliphatic heterocycles. The number of alkyl halides is 2. The third kappa shape index (κ3) is 4.78. The zero-order valence-electron chi connectivity index (χ0n) is 14.9. The average Bonchev–Trinajstić information content (AvgIpc) is 2.70. The quantitative estimate of drug-likeness (QED) is 0.788. The number of hydrogen-bond donors (Lipinski definition) is 1. The van der Waals surface area contributed by atoms with Gasteiger partial charge in [-0.1, -0.05) is 29.8 Å². The van der Waals surface area contributed by atoms with E-state index in [1.807, 2.05) is 6.07 Å². The Balaban J connectivity index is 1.73. The van der Waals surface area contributed by atoms with E-state index < -0.39 is 12.7 Å². The van der Waals surface area contributed by atoms with E-state index in [2.05, 4.69) is 10.1 Å². The molecule has 0 aliphatic carbocycles. The van der Waals surface area contributed by atoms with Gasteiger partial charge in [-0.2, -0.15) is 8.78 Å². The first-order chi connectivity index (χ1) is 13.5. The molecule has 0 aromatic heterocycles. The number of rotatable bonds is 5. The summed E-state index contributed by atoms with van der Waals surface area (Å²) in [6.07, 6.45) is 2.21. The maximum absolute atomic E-state index is 12.8. The summed E-state index contributed by atoms with van der Waals surface area (Å²) in [5, 5.41) is 2.67. The Labute approximate surface area is 166 Å². The first kappa shape index (κ1) is 20.1. The molecular weight excluding hydrogens is 390 g/mol. The number of nitrogens with zero attached hydrogens (tertiary/aromatic N) is 1. The smallest absolute Gasteiger partial charge is 0.387 e. The number of nitrogens with one attached hydrogen (secondary N) is 1. The van der Waals surface area contributed by atoms with Gasteiger partial charge in [0.1, 0.15) is 11.8 Å². The van der Waals surface area contributed by atoms with Gasteiger partial charge in [0.15, 0.2) is 0 Å². The molecule has 1 heterocycles. The van der Waals surface area contributed by atoms with Crippen LogP contribution in [-0.4, -0.2) is 35.9 Å². The van der Waals surface area contributed by atoms with Crippen molar-refractivity contribution in [2.24, 2.45) is 0 Å². The highest BCUT2D eigenvalue weighted by Crippen LogP contribution is 2.29. The second-order valence-corrected chi connectivity index (χ2v) is 6.80. The van der Waals surface area contributed by atoms with Crippen LogP contribution >= 0.6 is 11.6 Å². The zero-order valence-corrected chi connectivity index (χ0v) is 15.7. The molecule has 0 saturated carbocycles. The number of benzene rings is 2. The van der Waals surface area contributed by atoms with Gasteiger partial charge in [-0.05, 0) is 49.6 Å². The number of hydrogen-bond acceptors (Lipinski definition) is 3. The summed E-state index contributed by atoms with van der Waals surface area (Å²) in [5.74, 6) is -0.713. The minimum atomic E-state index is -2.99. The van der Waals surface area contributed by atoms with Crippen molar-refractivity contribution in [2.45, 2.75) is 31.9 Å². The molecule has 0 radical (unpaired) electrons. The summed E-state index contributed by atoms with van der Waals surface area (Å²) in [7, 11) is 0. The van der Waals surface area contributed by atoms with Crippen molar-refractivity contribution in [3.8, 4) is 5.75 Å². The molecule has 1 aliphatic rings. The first-order valence-electron chi connectivity index (χ1n) is 8.87. The molecular formula is C20H19ClF2N2O3. The van der Waals surface area contributed by atoms with Crippen LogP contribution in [0.1, 0.15) is 29.6 Å². The third-order valence-electron chi connectivity index (χ3n) is 4.50. The summed E-state index contributed by atoms with van der Waals surface area (Å²) in [6, 6.07) is 12.2. The predicted molar refractivity (Wildman–Crippen MR) is 102 cm³/mol. The largest absolute Gasteiger partial charge is 0.433 e. The molecule has 0 spiro atoms. The van der Waals surface area contributed by atoms with Gasteiger partial charge in [-0.3, -0.25) is 9.59 Å². The van der Waals surface area contributed by atoms with Crippen LogP contribution in [0, 0.1) is 0 Å². The summed E-state index contributed by atoms with van der Waals surface area (Å²) >= 11 is 5.93. The van der Waals surface area contributed by atoms with Crippen molar-refractivity contribution in [1.29, 1.82) is 0 Å².